The first-order chi connectivity index (χ1) is 21.6. The van der Waals surface area contributed by atoms with Gasteiger partial charge in [0.05, 0.1) is 12.2 Å². The molecule has 0 amide bonds. The molecule has 0 saturated heterocycles. The number of aromatic hydroxyl groups is 1. The highest BCUT2D eigenvalue weighted by molar-refractivity contribution is 5.49. The van der Waals surface area contributed by atoms with Crippen LogP contribution in [-0.4, -0.2) is 40.6 Å². The van der Waals surface area contributed by atoms with Gasteiger partial charge in [-0.1, -0.05) is 181 Å². The first kappa shape index (κ1) is 40.8. The van der Waals surface area contributed by atoms with E-state index in [2.05, 4.69) is 18.7 Å². The molecule has 44 heavy (non-hydrogen) atoms. The topological polar surface area (TPSA) is 63.9 Å². The van der Waals surface area contributed by atoms with Crippen LogP contribution in [0.5, 0.6) is 5.75 Å². The van der Waals surface area contributed by atoms with Gasteiger partial charge >= 0.3 is 0 Å². The van der Waals surface area contributed by atoms with E-state index in [4.69, 9.17) is 0 Å². The smallest absolute Gasteiger partial charge is 0.115 e. The summed E-state index contributed by atoms with van der Waals surface area (Å²) in [5.41, 5.74) is 0.955. The van der Waals surface area contributed by atoms with Crippen LogP contribution >= 0.6 is 0 Å². The lowest BCUT2D eigenvalue weighted by molar-refractivity contribution is 0.145. The largest absolute Gasteiger partial charge is 0.508 e. The lowest BCUT2D eigenvalue weighted by Gasteiger charge is -2.29. The van der Waals surface area contributed by atoms with Gasteiger partial charge in [-0.05, 0) is 37.1 Å². The van der Waals surface area contributed by atoms with Gasteiger partial charge in [0, 0.05) is 18.8 Å². The van der Waals surface area contributed by atoms with Crippen LogP contribution < -0.4 is 4.90 Å². The van der Waals surface area contributed by atoms with Crippen LogP contribution in [-0.2, 0) is 0 Å². The van der Waals surface area contributed by atoms with Crippen molar-refractivity contribution in [3.63, 3.8) is 0 Å². The predicted molar refractivity (Wildman–Crippen MR) is 193 cm³/mol. The zero-order valence-electron chi connectivity index (χ0n) is 29.5. The van der Waals surface area contributed by atoms with Gasteiger partial charge in [-0.3, -0.25) is 0 Å². The highest BCUT2D eigenvalue weighted by atomic mass is 16.3. The quantitative estimate of drug-likeness (QED) is 0.0687. The summed E-state index contributed by atoms with van der Waals surface area (Å²) in [6, 6.07) is 7.18. The van der Waals surface area contributed by atoms with Crippen LogP contribution in [0.4, 0.5) is 5.69 Å². The van der Waals surface area contributed by atoms with Gasteiger partial charge in [0.15, 0.2) is 0 Å². The molecule has 0 aromatic heterocycles. The second-order valence-electron chi connectivity index (χ2n) is 13.8. The van der Waals surface area contributed by atoms with Gasteiger partial charge < -0.3 is 20.2 Å². The molecule has 0 heterocycles. The second kappa shape index (κ2) is 30.4. The number of rotatable bonds is 33. The summed E-state index contributed by atoms with van der Waals surface area (Å²) in [5.74, 6) is 0.244. The molecular weight excluding hydrogens is 542 g/mol. The van der Waals surface area contributed by atoms with Crippen molar-refractivity contribution in [1.82, 2.24) is 0 Å². The number of phenolic OH excluding ortho intramolecular Hbond substituents is 1. The van der Waals surface area contributed by atoms with Crippen molar-refractivity contribution < 1.29 is 15.3 Å². The molecule has 0 spiro atoms. The maximum Gasteiger partial charge on any atom is 0.115 e. The maximum atomic E-state index is 10.9. The molecule has 1 rings (SSSR count). The van der Waals surface area contributed by atoms with Crippen molar-refractivity contribution in [3.8, 4) is 5.75 Å². The number of anilines is 1. The van der Waals surface area contributed by atoms with Crippen molar-refractivity contribution >= 4 is 5.69 Å². The first-order valence-corrected chi connectivity index (χ1v) is 19.5. The minimum absolute atomic E-state index is 0.244. The Hall–Kier alpha value is -1.26. The summed E-state index contributed by atoms with van der Waals surface area (Å²) in [6.07, 6.45) is 35.4. The molecule has 0 aliphatic carbocycles. The summed E-state index contributed by atoms with van der Waals surface area (Å²) in [4.78, 5) is 2.11. The van der Waals surface area contributed by atoms with Gasteiger partial charge in [0.25, 0.3) is 0 Å². The Balaban J connectivity index is 2.18. The SMILES string of the molecule is CCCCCCCCCCCCCCCC(O)CN(CC(O)CCCCCCCCCCCCCCC)c1ccc(O)cc1. The van der Waals surface area contributed by atoms with Crippen molar-refractivity contribution in [1.29, 1.82) is 0 Å². The van der Waals surface area contributed by atoms with Crippen LogP contribution in [0.3, 0.4) is 0 Å². The molecule has 2 unspecified atom stereocenters. The Morgan fingerprint density at radius 2 is 0.705 bits per heavy atom. The van der Waals surface area contributed by atoms with Crippen LogP contribution in [0.1, 0.15) is 194 Å². The van der Waals surface area contributed by atoms with Crippen molar-refractivity contribution in [2.24, 2.45) is 0 Å². The van der Waals surface area contributed by atoms with E-state index >= 15 is 0 Å². The average molecular weight is 618 g/mol. The van der Waals surface area contributed by atoms with E-state index in [0.29, 0.717) is 13.1 Å². The van der Waals surface area contributed by atoms with Gasteiger partial charge in [-0.25, -0.2) is 0 Å². The van der Waals surface area contributed by atoms with Crippen LogP contribution in [0, 0.1) is 0 Å². The zero-order chi connectivity index (χ0) is 31.9. The van der Waals surface area contributed by atoms with Gasteiger partial charge in [-0.15, -0.1) is 0 Å². The lowest BCUT2D eigenvalue weighted by atomic mass is 10.0. The molecule has 2 atom stereocenters. The molecule has 0 radical (unpaired) electrons. The standard InChI is InChI=1S/C40H75NO3/c1-3-5-7-9-11-13-15-17-19-21-23-25-27-29-39(43)35-41(37-31-33-38(42)34-32-37)36-40(44)30-28-26-24-22-20-18-16-14-12-10-8-6-4-2/h31-34,39-40,42-44H,3-30,35-36H2,1-2H3. The number of benzene rings is 1. The van der Waals surface area contributed by atoms with Crippen LogP contribution in [0.2, 0.25) is 0 Å². The third-order valence-corrected chi connectivity index (χ3v) is 9.36. The Morgan fingerprint density at radius 1 is 0.432 bits per heavy atom. The molecule has 4 heteroatoms. The number of hydrogen-bond acceptors (Lipinski definition) is 4. The van der Waals surface area contributed by atoms with Crippen molar-refractivity contribution in [2.45, 2.75) is 206 Å². The lowest BCUT2D eigenvalue weighted by Crippen LogP contribution is -2.38. The Labute approximate surface area is 274 Å². The molecule has 0 saturated carbocycles. The number of phenols is 1. The number of aliphatic hydroxyl groups excluding tert-OH is 2. The molecule has 3 N–H and O–H groups in total. The molecular formula is C40H75NO3. The highest BCUT2D eigenvalue weighted by Crippen LogP contribution is 2.22. The molecule has 0 bridgehead atoms. The molecule has 0 fully saturated rings. The molecule has 1 aromatic rings. The van der Waals surface area contributed by atoms with E-state index in [1.54, 1.807) is 12.1 Å². The second-order valence-corrected chi connectivity index (χ2v) is 13.8. The summed E-state index contributed by atoms with van der Waals surface area (Å²) >= 11 is 0. The predicted octanol–water partition coefficient (Wildman–Crippen LogP) is 11.9. The fraction of sp³-hybridized carbons (Fsp3) is 0.850. The molecule has 4 nitrogen and oxygen atoms in total. The van der Waals surface area contributed by atoms with Crippen molar-refractivity contribution in [3.05, 3.63) is 24.3 Å². The summed E-state index contributed by atoms with van der Waals surface area (Å²) in [6.45, 7) is 5.61. The van der Waals surface area contributed by atoms with Gasteiger partial charge in [-0.2, -0.15) is 0 Å². The molecule has 1 aromatic carbocycles. The van der Waals surface area contributed by atoms with E-state index in [0.717, 1.165) is 31.4 Å². The summed E-state index contributed by atoms with van der Waals surface area (Å²) in [7, 11) is 0. The average Bonchev–Trinajstić information content (AvgIpc) is 3.02. The number of aliphatic hydroxyl groups is 2. The monoisotopic (exact) mass is 618 g/mol. The third kappa shape index (κ3) is 25.0. The zero-order valence-corrected chi connectivity index (χ0v) is 29.5. The Bertz CT molecular complexity index is 671. The van der Waals surface area contributed by atoms with Crippen molar-refractivity contribution in [2.75, 3.05) is 18.0 Å². The summed E-state index contributed by atoms with van der Waals surface area (Å²) in [5, 5.41) is 31.5. The Morgan fingerprint density at radius 3 is 1.00 bits per heavy atom. The fourth-order valence-corrected chi connectivity index (χ4v) is 6.44. The first-order valence-electron chi connectivity index (χ1n) is 19.5. The molecule has 0 aliphatic heterocycles. The molecule has 258 valence electrons. The summed E-state index contributed by atoms with van der Waals surface area (Å²) < 4.78 is 0. The Kier molecular flexibility index (Phi) is 28.2. The van der Waals surface area contributed by atoms with E-state index < -0.39 is 12.2 Å². The molecule has 0 aliphatic rings. The van der Waals surface area contributed by atoms with E-state index in [1.165, 1.54) is 154 Å². The van der Waals surface area contributed by atoms with E-state index in [-0.39, 0.29) is 5.75 Å². The highest BCUT2D eigenvalue weighted by Gasteiger charge is 2.16. The van der Waals surface area contributed by atoms with E-state index in [9.17, 15) is 15.3 Å². The third-order valence-electron chi connectivity index (χ3n) is 9.36. The van der Waals surface area contributed by atoms with Crippen LogP contribution in [0.15, 0.2) is 24.3 Å². The maximum absolute atomic E-state index is 10.9. The van der Waals surface area contributed by atoms with Gasteiger partial charge in [0.2, 0.25) is 0 Å². The fourth-order valence-electron chi connectivity index (χ4n) is 6.44. The van der Waals surface area contributed by atoms with Gasteiger partial charge in [0.1, 0.15) is 5.75 Å². The normalized spacial score (nSPS) is 12.9. The number of hydrogen-bond donors (Lipinski definition) is 3. The van der Waals surface area contributed by atoms with Crippen LogP contribution in [0.25, 0.3) is 0 Å². The minimum Gasteiger partial charge on any atom is -0.508 e. The number of unbranched alkanes of at least 4 members (excludes halogenated alkanes) is 24. The van der Waals surface area contributed by atoms with E-state index in [1.807, 2.05) is 12.1 Å². The number of nitrogens with zero attached hydrogens (tertiary/aromatic N) is 1. The minimum atomic E-state index is -0.403.